The molecule has 132 valence electrons. The maximum absolute atomic E-state index is 12.4. The van der Waals surface area contributed by atoms with Crippen molar-refractivity contribution in [2.24, 2.45) is 0 Å². The van der Waals surface area contributed by atoms with Crippen molar-refractivity contribution in [3.63, 3.8) is 0 Å². The van der Waals surface area contributed by atoms with Gasteiger partial charge in [-0.1, -0.05) is 44.1 Å². The molecule has 3 aromatic rings. The highest BCUT2D eigenvalue weighted by molar-refractivity contribution is 5.92. The van der Waals surface area contributed by atoms with Crippen molar-refractivity contribution in [3.8, 4) is 11.8 Å². The van der Waals surface area contributed by atoms with Crippen molar-refractivity contribution < 1.29 is 9.32 Å². The largest absolute Gasteiger partial charge is 0.360 e. The van der Waals surface area contributed by atoms with Gasteiger partial charge in [-0.15, -0.1) is 0 Å². The summed E-state index contributed by atoms with van der Waals surface area (Å²) in [6, 6.07) is 12.4. The smallest absolute Gasteiger partial charge is 0.274 e. The molecule has 3 rings (SSSR count). The van der Waals surface area contributed by atoms with Gasteiger partial charge in [0.2, 0.25) is 0 Å². The second kappa shape index (κ2) is 6.84. The topological polar surface area (TPSA) is 96.7 Å². The number of amides is 1. The molecule has 1 amide bonds. The Kier molecular flexibility index (Phi) is 4.59. The number of nitriles is 1. The van der Waals surface area contributed by atoms with Crippen molar-refractivity contribution in [3.05, 3.63) is 65.8 Å². The van der Waals surface area contributed by atoms with Crippen LogP contribution >= 0.6 is 0 Å². The molecule has 0 saturated carbocycles. The summed E-state index contributed by atoms with van der Waals surface area (Å²) < 4.78 is 6.88. The van der Waals surface area contributed by atoms with Gasteiger partial charge in [-0.2, -0.15) is 10.4 Å². The van der Waals surface area contributed by atoms with E-state index in [2.05, 4.69) is 21.6 Å². The molecule has 26 heavy (non-hydrogen) atoms. The molecule has 0 aliphatic heterocycles. The van der Waals surface area contributed by atoms with Gasteiger partial charge in [-0.05, 0) is 12.1 Å². The zero-order valence-electron chi connectivity index (χ0n) is 14.8. The molecule has 2 aromatic heterocycles. The second-order valence-electron chi connectivity index (χ2n) is 6.92. The molecule has 0 aliphatic rings. The third-order valence-corrected chi connectivity index (χ3v) is 3.84. The summed E-state index contributed by atoms with van der Waals surface area (Å²) in [7, 11) is 0. The Balaban J connectivity index is 1.76. The first kappa shape index (κ1) is 17.4. The number of benzene rings is 1. The van der Waals surface area contributed by atoms with Crippen LogP contribution in [-0.4, -0.2) is 20.8 Å². The fraction of sp³-hybridized carbons (Fsp3) is 0.263. The van der Waals surface area contributed by atoms with Crippen LogP contribution in [0.5, 0.6) is 0 Å². The average molecular weight is 349 g/mol. The zero-order valence-corrected chi connectivity index (χ0v) is 14.8. The van der Waals surface area contributed by atoms with E-state index in [9.17, 15) is 10.1 Å². The highest BCUT2D eigenvalue weighted by Crippen LogP contribution is 2.23. The quantitative estimate of drug-likeness (QED) is 0.780. The maximum atomic E-state index is 12.4. The summed E-state index contributed by atoms with van der Waals surface area (Å²) in [5.41, 5.74) is 1.35. The standard InChI is InChI=1S/C19H19N5O2/c1-19(2,3)17-9-15(23-26-17)18(25)22-16(10-20)13-11-21-24(12-13)14-7-5-4-6-8-14/h4-9,11-12,16H,1-3H3,(H,22,25). The minimum atomic E-state index is -0.838. The molecule has 0 radical (unpaired) electrons. The van der Waals surface area contributed by atoms with Gasteiger partial charge in [0.25, 0.3) is 5.91 Å². The van der Waals surface area contributed by atoms with E-state index in [1.165, 1.54) is 0 Å². The lowest BCUT2D eigenvalue weighted by molar-refractivity contribution is 0.0935. The minimum absolute atomic E-state index is 0.144. The van der Waals surface area contributed by atoms with Gasteiger partial charge in [-0.25, -0.2) is 4.68 Å². The number of hydrogen-bond donors (Lipinski definition) is 1. The highest BCUT2D eigenvalue weighted by atomic mass is 16.5. The number of para-hydroxylation sites is 1. The molecule has 0 aliphatic carbocycles. The Morgan fingerprint density at radius 2 is 2.04 bits per heavy atom. The monoisotopic (exact) mass is 349 g/mol. The molecular formula is C19H19N5O2. The Bertz CT molecular complexity index is 944. The second-order valence-corrected chi connectivity index (χ2v) is 6.92. The molecule has 1 unspecified atom stereocenters. The SMILES string of the molecule is CC(C)(C)c1cc(C(=O)NC(C#N)c2cnn(-c3ccccc3)c2)no1. The Morgan fingerprint density at radius 3 is 2.65 bits per heavy atom. The average Bonchev–Trinajstić information content (AvgIpc) is 3.29. The lowest BCUT2D eigenvalue weighted by Crippen LogP contribution is -2.27. The third-order valence-electron chi connectivity index (χ3n) is 3.84. The first-order valence-corrected chi connectivity index (χ1v) is 8.16. The summed E-state index contributed by atoms with van der Waals surface area (Å²) in [6.07, 6.45) is 3.28. The molecule has 0 spiro atoms. The number of nitrogens with zero attached hydrogens (tertiary/aromatic N) is 4. The molecule has 7 nitrogen and oxygen atoms in total. The lowest BCUT2D eigenvalue weighted by atomic mass is 9.93. The molecule has 2 heterocycles. The van der Waals surface area contributed by atoms with Crippen molar-refractivity contribution in [2.75, 3.05) is 0 Å². The van der Waals surface area contributed by atoms with Crippen molar-refractivity contribution in [2.45, 2.75) is 32.2 Å². The molecule has 0 saturated heterocycles. The summed E-state index contributed by atoms with van der Waals surface area (Å²) in [5, 5.41) is 20.1. The van der Waals surface area contributed by atoms with Gasteiger partial charge in [0.05, 0.1) is 18.0 Å². The van der Waals surface area contributed by atoms with Gasteiger partial charge in [0.15, 0.2) is 5.69 Å². The Hall–Kier alpha value is -3.40. The molecule has 7 heteroatoms. The van der Waals surface area contributed by atoms with E-state index in [1.54, 1.807) is 23.1 Å². The Labute approximate surface area is 151 Å². The van der Waals surface area contributed by atoms with Crippen molar-refractivity contribution in [1.29, 1.82) is 5.26 Å². The van der Waals surface area contributed by atoms with Gasteiger partial charge in [-0.3, -0.25) is 4.79 Å². The maximum Gasteiger partial charge on any atom is 0.274 e. The van der Waals surface area contributed by atoms with Crippen LogP contribution in [0.15, 0.2) is 53.3 Å². The molecule has 0 bridgehead atoms. The van der Waals surface area contributed by atoms with Crippen molar-refractivity contribution >= 4 is 5.91 Å². The molecule has 1 N–H and O–H groups in total. The van der Waals surface area contributed by atoms with Gasteiger partial charge < -0.3 is 9.84 Å². The number of hydrogen-bond acceptors (Lipinski definition) is 5. The van der Waals surface area contributed by atoms with Crippen molar-refractivity contribution in [1.82, 2.24) is 20.3 Å². The minimum Gasteiger partial charge on any atom is -0.360 e. The van der Waals surface area contributed by atoms with Crippen LogP contribution < -0.4 is 5.32 Å². The molecule has 1 aromatic carbocycles. The van der Waals surface area contributed by atoms with Crippen LogP contribution in [0.4, 0.5) is 0 Å². The van der Waals surface area contributed by atoms with Crippen LogP contribution in [-0.2, 0) is 5.41 Å². The van der Waals surface area contributed by atoms with E-state index < -0.39 is 11.9 Å². The Morgan fingerprint density at radius 1 is 1.31 bits per heavy atom. The summed E-state index contributed by atoms with van der Waals surface area (Å²) >= 11 is 0. The summed E-state index contributed by atoms with van der Waals surface area (Å²) in [5.74, 6) is 0.135. The van der Waals surface area contributed by atoms with Gasteiger partial charge >= 0.3 is 0 Å². The summed E-state index contributed by atoms with van der Waals surface area (Å²) in [4.78, 5) is 12.4. The van der Waals surface area contributed by atoms with Crippen LogP contribution in [0.1, 0.15) is 48.6 Å². The lowest BCUT2D eigenvalue weighted by Gasteiger charge is -2.12. The number of carbonyl (C=O) groups excluding carboxylic acids is 1. The number of nitrogens with one attached hydrogen (secondary N) is 1. The van der Waals surface area contributed by atoms with E-state index >= 15 is 0 Å². The summed E-state index contributed by atoms with van der Waals surface area (Å²) in [6.45, 7) is 5.89. The first-order chi connectivity index (χ1) is 12.4. The fourth-order valence-corrected chi connectivity index (χ4v) is 2.34. The van der Waals surface area contributed by atoms with Crippen LogP contribution in [0.3, 0.4) is 0 Å². The van der Waals surface area contributed by atoms with E-state index in [0.29, 0.717) is 11.3 Å². The molecular weight excluding hydrogens is 330 g/mol. The highest BCUT2D eigenvalue weighted by Gasteiger charge is 2.24. The zero-order chi connectivity index (χ0) is 18.7. The van der Waals surface area contributed by atoms with E-state index in [-0.39, 0.29) is 11.1 Å². The van der Waals surface area contributed by atoms with Gasteiger partial charge in [0, 0.05) is 23.2 Å². The predicted octanol–water partition coefficient (Wildman–Crippen LogP) is 3.15. The van der Waals surface area contributed by atoms with E-state index in [1.807, 2.05) is 51.1 Å². The van der Waals surface area contributed by atoms with Crippen LogP contribution in [0.25, 0.3) is 5.69 Å². The predicted molar refractivity (Wildman–Crippen MR) is 94.6 cm³/mol. The normalized spacial score (nSPS) is 12.4. The first-order valence-electron chi connectivity index (χ1n) is 8.16. The number of aromatic nitrogens is 3. The van der Waals surface area contributed by atoms with E-state index in [0.717, 1.165) is 5.69 Å². The van der Waals surface area contributed by atoms with Crippen LogP contribution in [0, 0.1) is 11.3 Å². The van der Waals surface area contributed by atoms with Crippen LogP contribution in [0.2, 0.25) is 0 Å². The molecule has 1 atom stereocenters. The van der Waals surface area contributed by atoms with Gasteiger partial charge in [0.1, 0.15) is 11.8 Å². The molecule has 0 fully saturated rings. The number of carbonyl (C=O) groups is 1. The van der Waals surface area contributed by atoms with E-state index in [4.69, 9.17) is 4.52 Å². The fourth-order valence-electron chi connectivity index (χ4n) is 2.34. The number of rotatable bonds is 4. The third kappa shape index (κ3) is 3.64.